The monoisotopic (exact) mass is 315 g/mol. The van der Waals surface area contributed by atoms with Gasteiger partial charge in [-0.15, -0.1) is 0 Å². The fourth-order valence-corrected chi connectivity index (χ4v) is 3.60. The van der Waals surface area contributed by atoms with Gasteiger partial charge in [0.15, 0.2) is 0 Å². The van der Waals surface area contributed by atoms with E-state index in [-0.39, 0.29) is 17.9 Å². The van der Waals surface area contributed by atoms with E-state index in [1.807, 2.05) is 22.8 Å². The van der Waals surface area contributed by atoms with Gasteiger partial charge in [0.1, 0.15) is 6.04 Å². The maximum Gasteiger partial charge on any atom is 0.245 e. The highest BCUT2D eigenvalue weighted by molar-refractivity contribution is 5.86. The molecular weight excluding hydrogens is 290 g/mol. The quantitative estimate of drug-likeness (QED) is 0.831. The van der Waals surface area contributed by atoms with Crippen LogP contribution >= 0.6 is 0 Å². The number of rotatable bonds is 2. The van der Waals surface area contributed by atoms with Crippen molar-refractivity contribution in [2.75, 3.05) is 37.6 Å². The van der Waals surface area contributed by atoms with Gasteiger partial charge in [0.2, 0.25) is 11.8 Å². The maximum absolute atomic E-state index is 12.9. The van der Waals surface area contributed by atoms with Crippen LogP contribution in [0.5, 0.6) is 0 Å². The second-order valence-corrected chi connectivity index (χ2v) is 6.43. The van der Waals surface area contributed by atoms with Crippen molar-refractivity contribution >= 4 is 17.5 Å². The molecule has 1 saturated heterocycles. The summed E-state index contributed by atoms with van der Waals surface area (Å²) >= 11 is 0. The third kappa shape index (κ3) is 3.19. The molecule has 0 spiro atoms. The molecule has 2 aliphatic heterocycles. The number of anilines is 1. The van der Waals surface area contributed by atoms with Gasteiger partial charge in [-0.2, -0.15) is 0 Å². The Bertz CT molecular complexity index is 594. The lowest BCUT2D eigenvalue weighted by molar-refractivity contribution is -0.139. The zero-order valence-corrected chi connectivity index (χ0v) is 14.0. The van der Waals surface area contributed by atoms with Gasteiger partial charge in [0, 0.05) is 45.3 Å². The largest absolute Gasteiger partial charge is 0.360 e. The Morgan fingerprint density at radius 3 is 2.35 bits per heavy atom. The van der Waals surface area contributed by atoms with Gasteiger partial charge >= 0.3 is 0 Å². The van der Waals surface area contributed by atoms with E-state index in [9.17, 15) is 9.59 Å². The Kier molecular flexibility index (Phi) is 4.55. The van der Waals surface area contributed by atoms with Crippen LogP contribution in [-0.4, -0.2) is 60.4 Å². The number of carbonyl (C=O) groups is 2. The molecule has 1 unspecified atom stereocenters. The predicted molar refractivity (Wildman–Crippen MR) is 90.4 cm³/mol. The van der Waals surface area contributed by atoms with Gasteiger partial charge in [-0.3, -0.25) is 9.59 Å². The van der Waals surface area contributed by atoms with Crippen LogP contribution in [0.4, 0.5) is 5.69 Å². The number of nitrogens with zero attached hydrogens (tertiary/aromatic N) is 3. The zero-order valence-electron chi connectivity index (χ0n) is 14.0. The molecule has 0 aromatic heterocycles. The molecule has 2 amide bonds. The predicted octanol–water partition coefficient (Wildman–Crippen LogP) is 1.52. The molecule has 0 radical (unpaired) electrons. The molecule has 2 aliphatic rings. The molecule has 0 aliphatic carbocycles. The number of hydrogen-bond donors (Lipinski definition) is 0. The van der Waals surface area contributed by atoms with Gasteiger partial charge in [-0.25, -0.2) is 0 Å². The first-order chi connectivity index (χ1) is 11.1. The van der Waals surface area contributed by atoms with Crippen LogP contribution < -0.4 is 4.90 Å². The van der Waals surface area contributed by atoms with E-state index in [1.54, 1.807) is 6.92 Å². The fourth-order valence-electron chi connectivity index (χ4n) is 3.60. The van der Waals surface area contributed by atoms with Crippen molar-refractivity contribution in [2.24, 2.45) is 0 Å². The van der Waals surface area contributed by atoms with Gasteiger partial charge in [-0.05, 0) is 31.4 Å². The molecule has 5 heteroatoms. The second-order valence-electron chi connectivity index (χ2n) is 6.43. The first-order valence-corrected chi connectivity index (χ1v) is 8.47. The molecule has 0 saturated carbocycles. The highest BCUT2D eigenvalue weighted by atomic mass is 16.2. The molecule has 1 aromatic rings. The van der Waals surface area contributed by atoms with Crippen LogP contribution in [0.15, 0.2) is 24.3 Å². The minimum absolute atomic E-state index is 0.0927. The Labute approximate surface area is 137 Å². The lowest BCUT2D eigenvalue weighted by Gasteiger charge is -2.40. The SMILES string of the molecule is CC(=O)N1CCN(C(=O)C(C)N2CCCc3ccccc32)CC1. The molecule has 1 fully saturated rings. The summed E-state index contributed by atoms with van der Waals surface area (Å²) in [5.41, 5.74) is 2.53. The van der Waals surface area contributed by atoms with Crippen LogP contribution in [0.25, 0.3) is 0 Å². The van der Waals surface area contributed by atoms with E-state index in [4.69, 9.17) is 0 Å². The molecule has 5 nitrogen and oxygen atoms in total. The van der Waals surface area contributed by atoms with E-state index in [0.717, 1.165) is 19.4 Å². The lowest BCUT2D eigenvalue weighted by atomic mass is 10.00. The first kappa shape index (κ1) is 15.8. The number of amides is 2. The summed E-state index contributed by atoms with van der Waals surface area (Å²) in [5.74, 6) is 0.264. The van der Waals surface area contributed by atoms with Crippen molar-refractivity contribution < 1.29 is 9.59 Å². The van der Waals surface area contributed by atoms with Gasteiger partial charge in [0.05, 0.1) is 0 Å². The Balaban J connectivity index is 1.68. The van der Waals surface area contributed by atoms with Crippen LogP contribution in [0.3, 0.4) is 0 Å². The van der Waals surface area contributed by atoms with Crippen molar-refractivity contribution in [3.05, 3.63) is 29.8 Å². The maximum atomic E-state index is 12.9. The molecule has 3 rings (SSSR count). The highest BCUT2D eigenvalue weighted by Crippen LogP contribution is 2.28. The normalized spacial score (nSPS) is 19.3. The highest BCUT2D eigenvalue weighted by Gasteiger charge is 2.31. The number of hydrogen-bond acceptors (Lipinski definition) is 3. The van der Waals surface area contributed by atoms with E-state index in [1.165, 1.54) is 11.3 Å². The Morgan fingerprint density at radius 2 is 1.65 bits per heavy atom. The number of piperazine rings is 1. The third-order valence-electron chi connectivity index (χ3n) is 5.01. The smallest absolute Gasteiger partial charge is 0.245 e. The van der Waals surface area contributed by atoms with Crippen LogP contribution in [0.2, 0.25) is 0 Å². The fraction of sp³-hybridized carbons (Fsp3) is 0.556. The zero-order chi connectivity index (χ0) is 16.4. The Morgan fingerprint density at radius 1 is 1.00 bits per heavy atom. The number of aryl methyl sites for hydroxylation is 1. The summed E-state index contributed by atoms with van der Waals surface area (Å²) < 4.78 is 0. The standard InChI is InChI=1S/C18H25N3O2/c1-14(18(23)20-12-10-19(11-13-20)15(2)22)21-9-5-7-16-6-3-4-8-17(16)21/h3-4,6,8,14H,5,7,9-13H2,1-2H3. The summed E-state index contributed by atoms with van der Waals surface area (Å²) in [6.07, 6.45) is 2.18. The van der Waals surface area contributed by atoms with E-state index < -0.39 is 0 Å². The van der Waals surface area contributed by atoms with Gasteiger partial charge < -0.3 is 14.7 Å². The summed E-state index contributed by atoms with van der Waals surface area (Å²) in [4.78, 5) is 30.2. The molecule has 0 N–H and O–H groups in total. The van der Waals surface area contributed by atoms with E-state index >= 15 is 0 Å². The van der Waals surface area contributed by atoms with Gasteiger partial charge in [0.25, 0.3) is 0 Å². The van der Waals surface area contributed by atoms with Crippen molar-refractivity contribution in [1.29, 1.82) is 0 Å². The topological polar surface area (TPSA) is 43.9 Å². The van der Waals surface area contributed by atoms with E-state index in [2.05, 4.69) is 23.1 Å². The number of carbonyl (C=O) groups excluding carboxylic acids is 2. The van der Waals surface area contributed by atoms with Crippen LogP contribution in [-0.2, 0) is 16.0 Å². The van der Waals surface area contributed by atoms with Gasteiger partial charge in [-0.1, -0.05) is 18.2 Å². The molecule has 1 aromatic carbocycles. The van der Waals surface area contributed by atoms with Crippen LogP contribution in [0, 0.1) is 0 Å². The van der Waals surface area contributed by atoms with Crippen molar-refractivity contribution in [1.82, 2.24) is 9.80 Å². The summed E-state index contributed by atoms with van der Waals surface area (Å²) in [7, 11) is 0. The first-order valence-electron chi connectivity index (χ1n) is 8.47. The van der Waals surface area contributed by atoms with Crippen molar-refractivity contribution in [3.63, 3.8) is 0 Å². The van der Waals surface area contributed by atoms with Crippen molar-refractivity contribution in [2.45, 2.75) is 32.7 Å². The van der Waals surface area contributed by atoms with Crippen LogP contribution in [0.1, 0.15) is 25.8 Å². The number of para-hydroxylation sites is 1. The molecular formula is C18H25N3O2. The Hall–Kier alpha value is -2.04. The molecule has 1 atom stereocenters. The average molecular weight is 315 g/mol. The lowest BCUT2D eigenvalue weighted by Crippen LogP contribution is -2.55. The average Bonchev–Trinajstić information content (AvgIpc) is 2.60. The summed E-state index contributed by atoms with van der Waals surface area (Å²) in [6, 6.07) is 8.23. The molecule has 2 heterocycles. The molecule has 124 valence electrons. The molecule has 23 heavy (non-hydrogen) atoms. The third-order valence-corrected chi connectivity index (χ3v) is 5.01. The molecule has 0 bridgehead atoms. The summed E-state index contributed by atoms with van der Waals surface area (Å²) in [5, 5.41) is 0. The number of benzene rings is 1. The second kappa shape index (κ2) is 6.60. The van der Waals surface area contributed by atoms with E-state index in [0.29, 0.717) is 26.2 Å². The summed E-state index contributed by atoms with van der Waals surface area (Å²) in [6.45, 7) is 7.08. The van der Waals surface area contributed by atoms with Crippen molar-refractivity contribution in [3.8, 4) is 0 Å². The minimum Gasteiger partial charge on any atom is -0.360 e. The number of fused-ring (bicyclic) bond motifs is 1. The minimum atomic E-state index is -0.152.